The fourth-order valence-electron chi connectivity index (χ4n) is 2.01. The number of urea groups is 1. The van der Waals surface area contributed by atoms with E-state index in [4.69, 9.17) is 4.74 Å². The van der Waals surface area contributed by atoms with Gasteiger partial charge in [0.05, 0.1) is 6.54 Å². The van der Waals surface area contributed by atoms with Gasteiger partial charge in [-0.2, -0.15) is 0 Å². The highest BCUT2D eigenvalue weighted by Crippen LogP contribution is 2.28. The van der Waals surface area contributed by atoms with Crippen LogP contribution in [0.1, 0.15) is 24.8 Å². The van der Waals surface area contributed by atoms with Crippen LogP contribution < -0.4 is 16.0 Å². The molecule has 1 aromatic carbocycles. The summed E-state index contributed by atoms with van der Waals surface area (Å²) in [6.45, 7) is 2.18. The highest BCUT2D eigenvalue weighted by Gasteiger charge is 2.20. The molecule has 0 radical (unpaired) electrons. The fourth-order valence-corrected chi connectivity index (χ4v) is 2.01. The summed E-state index contributed by atoms with van der Waals surface area (Å²) in [7, 11) is 0. The summed E-state index contributed by atoms with van der Waals surface area (Å²) >= 11 is 0. The van der Waals surface area contributed by atoms with E-state index in [1.54, 1.807) is 12.1 Å². The van der Waals surface area contributed by atoms with E-state index >= 15 is 0 Å². The van der Waals surface area contributed by atoms with E-state index in [2.05, 4.69) is 16.0 Å². The van der Waals surface area contributed by atoms with Crippen molar-refractivity contribution in [1.29, 1.82) is 0 Å². The molecule has 2 rings (SSSR count). The molecular weight excluding hydrogens is 313 g/mol. The third kappa shape index (κ3) is 7.92. The van der Waals surface area contributed by atoms with Gasteiger partial charge in [0.1, 0.15) is 5.82 Å². The van der Waals surface area contributed by atoms with Gasteiger partial charge in [-0.25, -0.2) is 9.18 Å². The van der Waals surface area contributed by atoms with Crippen molar-refractivity contribution in [3.05, 3.63) is 35.6 Å². The number of halogens is 1. The molecule has 1 fully saturated rings. The lowest BCUT2D eigenvalue weighted by Gasteiger charge is -2.09. The van der Waals surface area contributed by atoms with Crippen molar-refractivity contribution < 1.29 is 18.7 Å². The summed E-state index contributed by atoms with van der Waals surface area (Å²) in [5.41, 5.74) is 0.780. The molecule has 24 heavy (non-hydrogen) atoms. The zero-order valence-corrected chi connectivity index (χ0v) is 13.6. The monoisotopic (exact) mass is 337 g/mol. The second-order valence-electron chi connectivity index (χ2n) is 5.88. The van der Waals surface area contributed by atoms with Crippen LogP contribution in [0, 0.1) is 11.7 Å². The molecule has 0 saturated heterocycles. The van der Waals surface area contributed by atoms with E-state index in [0.29, 0.717) is 13.2 Å². The van der Waals surface area contributed by atoms with Crippen LogP contribution in [0.25, 0.3) is 0 Å². The van der Waals surface area contributed by atoms with Crippen molar-refractivity contribution in [1.82, 2.24) is 16.0 Å². The Balaban J connectivity index is 1.46. The molecule has 1 saturated carbocycles. The van der Waals surface area contributed by atoms with Crippen molar-refractivity contribution in [3.63, 3.8) is 0 Å². The number of hydrogen-bond acceptors (Lipinski definition) is 3. The summed E-state index contributed by atoms with van der Waals surface area (Å²) in [6.07, 6.45) is 3.30. The first-order valence-electron chi connectivity index (χ1n) is 8.24. The topological polar surface area (TPSA) is 79.5 Å². The molecule has 0 atom stereocenters. The van der Waals surface area contributed by atoms with Crippen molar-refractivity contribution >= 4 is 11.9 Å². The zero-order chi connectivity index (χ0) is 17.2. The number of ether oxygens (including phenoxy) is 1. The van der Waals surface area contributed by atoms with Gasteiger partial charge < -0.3 is 20.7 Å². The van der Waals surface area contributed by atoms with Gasteiger partial charge in [-0.1, -0.05) is 12.1 Å². The average Bonchev–Trinajstić information content (AvgIpc) is 3.40. The molecule has 0 aromatic heterocycles. The molecule has 132 valence electrons. The number of rotatable bonds is 10. The minimum absolute atomic E-state index is 0.0851. The summed E-state index contributed by atoms with van der Waals surface area (Å²) in [4.78, 5) is 23.2. The molecule has 1 aromatic rings. The fraction of sp³-hybridized carbons (Fsp3) is 0.529. The molecule has 0 unspecified atom stereocenters. The largest absolute Gasteiger partial charge is 0.381 e. The van der Waals surface area contributed by atoms with Crippen LogP contribution >= 0.6 is 0 Å². The van der Waals surface area contributed by atoms with E-state index in [1.165, 1.54) is 25.0 Å². The molecule has 0 aliphatic heterocycles. The van der Waals surface area contributed by atoms with E-state index in [-0.39, 0.29) is 24.8 Å². The van der Waals surface area contributed by atoms with Gasteiger partial charge in [-0.3, -0.25) is 4.79 Å². The minimum Gasteiger partial charge on any atom is -0.381 e. The molecule has 1 aliphatic carbocycles. The van der Waals surface area contributed by atoms with Gasteiger partial charge in [0.25, 0.3) is 0 Å². The third-order valence-electron chi connectivity index (χ3n) is 3.61. The predicted molar refractivity (Wildman–Crippen MR) is 87.8 cm³/mol. The smallest absolute Gasteiger partial charge is 0.315 e. The van der Waals surface area contributed by atoms with Crippen LogP contribution in [0.4, 0.5) is 9.18 Å². The maximum absolute atomic E-state index is 12.8. The van der Waals surface area contributed by atoms with Crippen LogP contribution in [0.15, 0.2) is 24.3 Å². The van der Waals surface area contributed by atoms with Crippen LogP contribution in [-0.2, 0) is 16.1 Å². The highest BCUT2D eigenvalue weighted by atomic mass is 19.1. The summed E-state index contributed by atoms with van der Waals surface area (Å²) in [5.74, 6) is 0.184. The lowest BCUT2D eigenvalue weighted by molar-refractivity contribution is -0.120. The Labute approximate surface area is 141 Å². The number of hydrogen-bond donors (Lipinski definition) is 3. The molecule has 0 heterocycles. The van der Waals surface area contributed by atoms with Crippen LogP contribution in [0.3, 0.4) is 0 Å². The van der Waals surface area contributed by atoms with E-state index < -0.39 is 6.03 Å². The number of nitrogens with one attached hydrogen (secondary N) is 3. The van der Waals surface area contributed by atoms with E-state index in [1.807, 2.05) is 0 Å². The Kier molecular flexibility index (Phi) is 7.48. The Morgan fingerprint density at radius 3 is 2.58 bits per heavy atom. The van der Waals surface area contributed by atoms with Gasteiger partial charge >= 0.3 is 6.03 Å². The van der Waals surface area contributed by atoms with Gasteiger partial charge in [0.15, 0.2) is 0 Å². The predicted octanol–water partition coefficient (Wildman–Crippen LogP) is 1.56. The Morgan fingerprint density at radius 1 is 1.12 bits per heavy atom. The summed E-state index contributed by atoms with van der Waals surface area (Å²) < 4.78 is 18.2. The van der Waals surface area contributed by atoms with Crippen molar-refractivity contribution in [2.45, 2.75) is 25.8 Å². The quantitative estimate of drug-likeness (QED) is 0.567. The first kappa shape index (κ1) is 18.2. The first-order valence-corrected chi connectivity index (χ1v) is 8.24. The number of carbonyl (C=O) groups excluding carboxylic acids is 2. The highest BCUT2D eigenvalue weighted by molar-refractivity contribution is 5.83. The molecule has 3 N–H and O–H groups in total. The summed E-state index contributed by atoms with van der Waals surface area (Å²) in [5, 5.41) is 7.79. The Morgan fingerprint density at radius 2 is 1.88 bits per heavy atom. The maximum Gasteiger partial charge on any atom is 0.315 e. The van der Waals surface area contributed by atoms with E-state index in [9.17, 15) is 14.0 Å². The Bertz CT molecular complexity index is 532. The Hall–Kier alpha value is -2.15. The molecule has 3 amide bonds. The molecule has 0 spiro atoms. The molecule has 0 bridgehead atoms. The normalized spacial score (nSPS) is 13.4. The molecule has 6 nitrogen and oxygen atoms in total. The minimum atomic E-state index is -0.442. The molecule has 7 heteroatoms. The lowest BCUT2D eigenvalue weighted by atomic mass is 10.2. The van der Waals surface area contributed by atoms with Gasteiger partial charge in [0.2, 0.25) is 5.91 Å². The third-order valence-corrected chi connectivity index (χ3v) is 3.61. The summed E-state index contributed by atoms with van der Waals surface area (Å²) in [6, 6.07) is 5.40. The molecular formula is C17H24FN3O3. The zero-order valence-electron chi connectivity index (χ0n) is 13.6. The van der Waals surface area contributed by atoms with Crippen molar-refractivity contribution in [2.75, 3.05) is 26.3 Å². The first-order chi connectivity index (χ1) is 11.6. The van der Waals surface area contributed by atoms with Gasteiger partial charge in [0, 0.05) is 26.3 Å². The number of carbonyl (C=O) groups is 2. The number of amides is 3. The average molecular weight is 337 g/mol. The van der Waals surface area contributed by atoms with Crippen LogP contribution in [0.5, 0.6) is 0 Å². The van der Waals surface area contributed by atoms with E-state index in [0.717, 1.165) is 24.5 Å². The second kappa shape index (κ2) is 9.87. The SMILES string of the molecule is O=C(CNC(=O)NCc1ccc(F)cc1)NCCCOCC1CC1. The maximum atomic E-state index is 12.8. The van der Waals surface area contributed by atoms with Crippen LogP contribution in [-0.4, -0.2) is 38.2 Å². The van der Waals surface area contributed by atoms with Crippen molar-refractivity contribution in [3.8, 4) is 0 Å². The van der Waals surface area contributed by atoms with Crippen LogP contribution in [0.2, 0.25) is 0 Å². The lowest BCUT2D eigenvalue weighted by Crippen LogP contribution is -2.42. The van der Waals surface area contributed by atoms with Crippen molar-refractivity contribution in [2.24, 2.45) is 5.92 Å². The van der Waals surface area contributed by atoms with Gasteiger partial charge in [-0.15, -0.1) is 0 Å². The second-order valence-corrected chi connectivity index (χ2v) is 5.88. The standard InChI is InChI=1S/C17H24FN3O3/c18-15-6-4-13(5-7-15)10-20-17(23)21-11-16(22)19-8-1-9-24-12-14-2-3-14/h4-7,14H,1-3,8-12H2,(H,19,22)(H2,20,21,23). The number of benzene rings is 1. The molecule has 1 aliphatic rings. The van der Waals surface area contributed by atoms with Gasteiger partial charge in [-0.05, 0) is 42.9 Å².